The Hall–Kier alpha value is -2.15. The molecule has 1 aromatic rings. The number of hydrogen-bond acceptors (Lipinski definition) is 5. The molecule has 0 spiro atoms. The Labute approximate surface area is 110 Å². The number of nitrogens with zero attached hydrogens (tertiary/aromatic N) is 1. The number of nitro benzene ring substituents is 1. The highest BCUT2D eigenvalue weighted by Crippen LogP contribution is 2.29. The Morgan fingerprint density at radius 2 is 2.37 bits per heavy atom. The summed E-state index contributed by atoms with van der Waals surface area (Å²) >= 11 is 0. The highest BCUT2D eigenvalue weighted by molar-refractivity contribution is 5.95. The predicted octanol–water partition coefficient (Wildman–Crippen LogP) is 1.29. The highest BCUT2D eigenvalue weighted by Gasteiger charge is 2.23. The molecule has 0 radical (unpaired) electrons. The van der Waals surface area contributed by atoms with Gasteiger partial charge in [-0.05, 0) is 31.5 Å². The van der Waals surface area contributed by atoms with Crippen molar-refractivity contribution in [2.75, 3.05) is 19.0 Å². The molecular formula is C12H15N3O4. The molecule has 1 saturated heterocycles. The van der Waals surface area contributed by atoms with E-state index in [9.17, 15) is 14.9 Å². The molecule has 0 saturated carbocycles. The minimum atomic E-state index is -0.539. The van der Waals surface area contributed by atoms with Gasteiger partial charge >= 0.3 is 5.69 Å². The largest absolute Gasteiger partial charge is 0.490 e. The number of nitro groups is 1. The lowest BCUT2D eigenvalue weighted by Crippen LogP contribution is -2.35. The third kappa shape index (κ3) is 3.00. The summed E-state index contributed by atoms with van der Waals surface area (Å²) < 4.78 is 4.90. The summed E-state index contributed by atoms with van der Waals surface area (Å²) in [5.74, 6) is -0.000967. The zero-order chi connectivity index (χ0) is 13.8. The molecule has 1 aliphatic rings. The van der Waals surface area contributed by atoms with E-state index >= 15 is 0 Å². The summed E-state index contributed by atoms with van der Waals surface area (Å²) in [7, 11) is 1.36. The van der Waals surface area contributed by atoms with Gasteiger partial charge in [-0.3, -0.25) is 14.9 Å². The Bertz CT molecular complexity index is 498. The summed E-state index contributed by atoms with van der Waals surface area (Å²) in [4.78, 5) is 22.2. The van der Waals surface area contributed by atoms with E-state index in [1.807, 2.05) is 0 Å². The van der Waals surface area contributed by atoms with Gasteiger partial charge in [-0.15, -0.1) is 0 Å². The molecule has 1 fully saturated rings. The molecule has 1 aromatic carbocycles. The molecule has 19 heavy (non-hydrogen) atoms. The number of hydrogen-bond donors (Lipinski definition) is 2. The lowest BCUT2D eigenvalue weighted by Gasteiger charge is -2.11. The number of benzene rings is 1. The first kappa shape index (κ1) is 13.3. The second kappa shape index (κ2) is 5.66. The van der Waals surface area contributed by atoms with Crippen LogP contribution in [0.15, 0.2) is 18.2 Å². The summed E-state index contributed by atoms with van der Waals surface area (Å²) in [6, 6.07) is 4.13. The van der Waals surface area contributed by atoms with Crippen molar-refractivity contribution >= 4 is 17.3 Å². The Morgan fingerprint density at radius 1 is 1.58 bits per heavy atom. The summed E-state index contributed by atoms with van der Waals surface area (Å²) in [5, 5.41) is 16.6. The van der Waals surface area contributed by atoms with E-state index in [0.717, 1.165) is 19.4 Å². The summed E-state index contributed by atoms with van der Waals surface area (Å²) in [6.45, 7) is 0.820. The first-order valence-corrected chi connectivity index (χ1v) is 5.98. The molecule has 1 amide bonds. The Balaban J connectivity index is 2.14. The van der Waals surface area contributed by atoms with Crippen molar-refractivity contribution in [1.29, 1.82) is 0 Å². The van der Waals surface area contributed by atoms with Gasteiger partial charge in [0.05, 0.1) is 18.1 Å². The lowest BCUT2D eigenvalue weighted by atomic mass is 10.2. The fourth-order valence-electron chi connectivity index (χ4n) is 2.05. The predicted molar refractivity (Wildman–Crippen MR) is 69.3 cm³/mol. The van der Waals surface area contributed by atoms with E-state index in [0.29, 0.717) is 5.69 Å². The van der Waals surface area contributed by atoms with E-state index < -0.39 is 4.92 Å². The van der Waals surface area contributed by atoms with Crippen LogP contribution in [0, 0.1) is 10.1 Å². The maximum Gasteiger partial charge on any atom is 0.312 e. The van der Waals surface area contributed by atoms with Gasteiger partial charge in [0.2, 0.25) is 5.91 Å². The second-order valence-corrected chi connectivity index (χ2v) is 4.28. The van der Waals surface area contributed by atoms with Crippen LogP contribution in [0.25, 0.3) is 0 Å². The third-order valence-corrected chi connectivity index (χ3v) is 3.02. The molecule has 2 rings (SSSR count). The van der Waals surface area contributed by atoms with Gasteiger partial charge in [0.1, 0.15) is 0 Å². The molecule has 1 heterocycles. The number of ether oxygens (including phenoxy) is 1. The topological polar surface area (TPSA) is 93.5 Å². The van der Waals surface area contributed by atoms with Crippen LogP contribution in [0.3, 0.4) is 0 Å². The van der Waals surface area contributed by atoms with E-state index in [1.54, 1.807) is 6.07 Å². The number of carbonyl (C=O) groups is 1. The number of methoxy groups -OCH3 is 1. The van der Waals surface area contributed by atoms with E-state index in [1.165, 1.54) is 19.2 Å². The van der Waals surface area contributed by atoms with Crippen LogP contribution in [-0.2, 0) is 4.79 Å². The van der Waals surface area contributed by atoms with Crippen molar-refractivity contribution in [3.8, 4) is 5.75 Å². The Kier molecular flexibility index (Phi) is 3.96. The monoisotopic (exact) mass is 265 g/mol. The average Bonchev–Trinajstić information content (AvgIpc) is 2.92. The van der Waals surface area contributed by atoms with Crippen molar-refractivity contribution in [3.63, 3.8) is 0 Å². The normalized spacial score (nSPS) is 18.1. The quantitative estimate of drug-likeness (QED) is 0.632. The van der Waals surface area contributed by atoms with Gasteiger partial charge in [0, 0.05) is 11.8 Å². The molecule has 1 aliphatic heterocycles. The summed E-state index contributed by atoms with van der Waals surface area (Å²) in [6.07, 6.45) is 1.74. The zero-order valence-electron chi connectivity index (χ0n) is 10.5. The minimum Gasteiger partial charge on any atom is -0.490 e. The number of carbonyl (C=O) groups excluding carboxylic acids is 1. The highest BCUT2D eigenvalue weighted by atomic mass is 16.6. The fraction of sp³-hybridized carbons (Fsp3) is 0.417. The summed E-state index contributed by atoms with van der Waals surface area (Å²) in [5.41, 5.74) is 0.228. The number of nitrogens with one attached hydrogen (secondary N) is 2. The first-order valence-electron chi connectivity index (χ1n) is 5.98. The fourth-order valence-corrected chi connectivity index (χ4v) is 2.05. The van der Waals surface area contributed by atoms with Gasteiger partial charge < -0.3 is 15.4 Å². The third-order valence-electron chi connectivity index (χ3n) is 3.02. The van der Waals surface area contributed by atoms with Crippen molar-refractivity contribution in [3.05, 3.63) is 28.3 Å². The van der Waals surface area contributed by atoms with Gasteiger partial charge in [-0.25, -0.2) is 0 Å². The molecule has 7 heteroatoms. The molecule has 0 bridgehead atoms. The number of anilines is 1. The molecule has 0 aliphatic carbocycles. The second-order valence-electron chi connectivity index (χ2n) is 4.28. The minimum absolute atomic E-state index is 0.167. The van der Waals surface area contributed by atoms with Crippen LogP contribution in [0.5, 0.6) is 5.75 Å². The van der Waals surface area contributed by atoms with Crippen LogP contribution in [-0.4, -0.2) is 30.5 Å². The molecule has 0 unspecified atom stereocenters. The first-order chi connectivity index (χ1) is 9.11. The van der Waals surface area contributed by atoms with Crippen molar-refractivity contribution in [2.24, 2.45) is 0 Å². The Morgan fingerprint density at radius 3 is 2.95 bits per heavy atom. The average molecular weight is 265 g/mol. The van der Waals surface area contributed by atoms with Crippen LogP contribution >= 0.6 is 0 Å². The number of amides is 1. The van der Waals surface area contributed by atoms with Gasteiger partial charge in [-0.1, -0.05) is 0 Å². The van der Waals surface area contributed by atoms with Crippen LogP contribution < -0.4 is 15.4 Å². The van der Waals surface area contributed by atoms with Gasteiger partial charge in [0.15, 0.2) is 5.75 Å². The molecule has 7 nitrogen and oxygen atoms in total. The maximum absolute atomic E-state index is 11.9. The SMILES string of the molecule is COc1ccc(NC(=O)[C@H]2CCCN2)cc1[N+](=O)[O-]. The van der Waals surface area contributed by atoms with Crippen LogP contribution in [0.2, 0.25) is 0 Å². The smallest absolute Gasteiger partial charge is 0.312 e. The van der Waals surface area contributed by atoms with E-state index in [2.05, 4.69) is 10.6 Å². The van der Waals surface area contributed by atoms with Crippen LogP contribution in [0.4, 0.5) is 11.4 Å². The lowest BCUT2D eigenvalue weighted by molar-refractivity contribution is -0.385. The molecule has 2 N–H and O–H groups in total. The van der Waals surface area contributed by atoms with Crippen LogP contribution in [0.1, 0.15) is 12.8 Å². The van der Waals surface area contributed by atoms with E-state index in [-0.39, 0.29) is 23.4 Å². The number of rotatable bonds is 4. The van der Waals surface area contributed by atoms with Crippen molar-refractivity contribution < 1.29 is 14.5 Å². The molecular weight excluding hydrogens is 250 g/mol. The van der Waals surface area contributed by atoms with Crippen molar-refractivity contribution in [2.45, 2.75) is 18.9 Å². The maximum atomic E-state index is 11.9. The van der Waals surface area contributed by atoms with Crippen molar-refractivity contribution in [1.82, 2.24) is 5.32 Å². The van der Waals surface area contributed by atoms with E-state index in [4.69, 9.17) is 4.74 Å². The van der Waals surface area contributed by atoms with Gasteiger partial charge in [0.25, 0.3) is 0 Å². The molecule has 0 aromatic heterocycles. The zero-order valence-corrected chi connectivity index (χ0v) is 10.5. The molecule has 102 valence electrons. The standard InChI is InChI=1S/C12H15N3O4/c1-19-11-5-4-8(7-10(11)15(17)18)14-12(16)9-3-2-6-13-9/h4-5,7,9,13H,2-3,6H2,1H3,(H,14,16)/t9-/m1/s1. The molecule has 1 atom stereocenters. The van der Waals surface area contributed by atoms with Gasteiger partial charge in [-0.2, -0.15) is 0 Å².